The predicted octanol–water partition coefficient (Wildman–Crippen LogP) is 1.02. The highest BCUT2D eigenvalue weighted by Crippen LogP contribution is 1.92. The zero-order valence-corrected chi connectivity index (χ0v) is 9.05. The summed E-state index contributed by atoms with van der Waals surface area (Å²) in [5.41, 5.74) is 1.04. The summed E-state index contributed by atoms with van der Waals surface area (Å²) in [5.74, 6) is 0.128. The summed E-state index contributed by atoms with van der Waals surface area (Å²) in [7, 11) is 1.81. The zero-order chi connectivity index (χ0) is 10.4. The van der Waals surface area contributed by atoms with Crippen molar-refractivity contribution in [3.8, 4) is 0 Å². The highest BCUT2D eigenvalue weighted by Gasteiger charge is 2.14. The van der Waals surface area contributed by atoms with Gasteiger partial charge in [-0.05, 0) is 20.8 Å². The average Bonchev–Trinajstić information content (AvgIpc) is 2.11. The van der Waals surface area contributed by atoms with Crippen LogP contribution in [-0.4, -0.2) is 37.0 Å². The second-order valence-electron chi connectivity index (χ2n) is 3.41. The molecule has 0 bridgehead atoms. The molecule has 0 fully saturated rings. The number of rotatable bonds is 5. The molecular weight excluding hydrogens is 164 g/mol. The minimum absolute atomic E-state index is 0.123. The summed E-state index contributed by atoms with van der Waals surface area (Å²) in [6.07, 6.45) is 0. The molecule has 0 heterocycles. The van der Waals surface area contributed by atoms with Gasteiger partial charge in [-0.1, -0.05) is 12.2 Å². The number of carbonyl (C=O) groups is 1. The molecule has 3 heteroatoms. The fourth-order valence-corrected chi connectivity index (χ4v) is 0.901. The van der Waals surface area contributed by atoms with E-state index in [-0.39, 0.29) is 11.9 Å². The van der Waals surface area contributed by atoms with E-state index in [1.807, 2.05) is 20.8 Å². The molecule has 0 aliphatic heterocycles. The van der Waals surface area contributed by atoms with Crippen LogP contribution in [0.4, 0.5) is 0 Å². The molecule has 13 heavy (non-hydrogen) atoms. The van der Waals surface area contributed by atoms with Crippen LogP contribution in [0.5, 0.6) is 0 Å². The molecule has 76 valence electrons. The molecule has 0 aromatic carbocycles. The third-order valence-electron chi connectivity index (χ3n) is 1.93. The Morgan fingerprint density at radius 1 is 1.62 bits per heavy atom. The van der Waals surface area contributed by atoms with Crippen molar-refractivity contribution in [2.45, 2.75) is 26.8 Å². The Morgan fingerprint density at radius 2 is 2.15 bits per heavy atom. The lowest BCUT2D eigenvalue weighted by molar-refractivity contribution is -0.131. The van der Waals surface area contributed by atoms with E-state index in [1.165, 1.54) is 0 Å². The van der Waals surface area contributed by atoms with Crippen LogP contribution in [0, 0.1) is 0 Å². The Balaban J connectivity index is 3.89. The number of likely N-dealkylation sites (N-methyl/N-ethyl adjacent to an activating group) is 1. The fraction of sp³-hybridized carbons (Fsp3) is 0.700. The van der Waals surface area contributed by atoms with Crippen LogP contribution in [0.3, 0.4) is 0 Å². The summed E-state index contributed by atoms with van der Waals surface area (Å²) in [6, 6.07) is -0.123. The van der Waals surface area contributed by atoms with Gasteiger partial charge in [0.05, 0.1) is 6.04 Å². The van der Waals surface area contributed by atoms with E-state index < -0.39 is 0 Å². The van der Waals surface area contributed by atoms with E-state index in [1.54, 1.807) is 11.9 Å². The molecule has 0 aromatic rings. The van der Waals surface area contributed by atoms with E-state index in [2.05, 4.69) is 11.9 Å². The first-order valence-electron chi connectivity index (χ1n) is 4.61. The summed E-state index contributed by atoms with van der Waals surface area (Å²) in [6.45, 7) is 11.0. The highest BCUT2D eigenvalue weighted by atomic mass is 16.2. The number of amides is 1. The highest BCUT2D eigenvalue weighted by molar-refractivity contribution is 5.81. The van der Waals surface area contributed by atoms with Crippen LogP contribution < -0.4 is 5.32 Å². The molecule has 0 saturated heterocycles. The summed E-state index contributed by atoms with van der Waals surface area (Å²) in [5, 5.41) is 3.11. The van der Waals surface area contributed by atoms with Gasteiger partial charge in [-0.25, -0.2) is 0 Å². The molecule has 1 unspecified atom stereocenters. The molecule has 0 rings (SSSR count). The minimum Gasteiger partial charge on any atom is -0.345 e. The Hall–Kier alpha value is -0.830. The molecule has 0 radical (unpaired) electrons. The molecule has 0 aliphatic carbocycles. The standard InChI is InChI=1S/C10H20N2O/c1-6-12(5)10(13)9(4)11-7-8(2)3/h9,11H,2,6-7H2,1,3-5H3. The first kappa shape index (κ1) is 12.2. The number of carbonyl (C=O) groups excluding carboxylic acids is 1. The van der Waals surface area contributed by atoms with Gasteiger partial charge < -0.3 is 10.2 Å². The van der Waals surface area contributed by atoms with Crippen LogP contribution in [0.1, 0.15) is 20.8 Å². The second kappa shape index (κ2) is 5.75. The molecule has 0 aliphatic rings. The molecular formula is C10H20N2O. The van der Waals surface area contributed by atoms with Gasteiger partial charge in [0.25, 0.3) is 0 Å². The van der Waals surface area contributed by atoms with Gasteiger partial charge in [-0.3, -0.25) is 4.79 Å². The second-order valence-corrected chi connectivity index (χ2v) is 3.41. The minimum atomic E-state index is -0.123. The Morgan fingerprint density at radius 3 is 2.54 bits per heavy atom. The van der Waals surface area contributed by atoms with E-state index in [0.717, 1.165) is 12.1 Å². The van der Waals surface area contributed by atoms with E-state index in [9.17, 15) is 4.79 Å². The number of hydrogen-bond donors (Lipinski definition) is 1. The largest absolute Gasteiger partial charge is 0.345 e. The van der Waals surface area contributed by atoms with Gasteiger partial charge in [0.15, 0.2) is 0 Å². The smallest absolute Gasteiger partial charge is 0.239 e. The summed E-state index contributed by atoms with van der Waals surface area (Å²) in [4.78, 5) is 13.2. The molecule has 0 spiro atoms. The van der Waals surface area contributed by atoms with Gasteiger partial charge >= 0.3 is 0 Å². The van der Waals surface area contributed by atoms with Gasteiger partial charge in [0.1, 0.15) is 0 Å². The summed E-state index contributed by atoms with van der Waals surface area (Å²) < 4.78 is 0. The Labute approximate surface area is 80.8 Å². The third-order valence-corrected chi connectivity index (χ3v) is 1.93. The van der Waals surface area contributed by atoms with Crippen molar-refractivity contribution in [2.75, 3.05) is 20.1 Å². The predicted molar refractivity (Wildman–Crippen MR) is 55.6 cm³/mol. The maximum absolute atomic E-state index is 11.5. The van der Waals surface area contributed by atoms with Crippen molar-refractivity contribution >= 4 is 5.91 Å². The zero-order valence-electron chi connectivity index (χ0n) is 9.05. The number of nitrogens with zero attached hydrogens (tertiary/aromatic N) is 1. The maximum atomic E-state index is 11.5. The van der Waals surface area contributed by atoms with E-state index in [4.69, 9.17) is 0 Å². The molecule has 3 nitrogen and oxygen atoms in total. The van der Waals surface area contributed by atoms with Gasteiger partial charge in [-0.2, -0.15) is 0 Å². The van der Waals surface area contributed by atoms with Crippen LogP contribution in [0.15, 0.2) is 12.2 Å². The van der Waals surface area contributed by atoms with Crippen molar-refractivity contribution < 1.29 is 4.79 Å². The van der Waals surface area contributed by atoms with Crippen molar-refractivity contribution in [1.82, 2.24) is 10.2 Å². The monoisotopic (exact) mass is 184 g/mol. The van der Waals surface area contributed by atoms with Crippen LogP contribution >= 0.6 is 0 Å². The number of nitrogens with one attached hydrogen (secondary N) is 1. The molecule has 1 atom stereocenters. The molecule has 0 aromatic heterocycles. The SMILES string of the molecule is C=C(C)CNC(C)C(=O)N(C)CC. The quantitative estimate of drug-likeness (QED) is 0.647. The average molecular weight is 184 g/mol. The Kier molecular flexibility index (Phi) is 5.39. The van der Waals surface area contributed by atoms with Gasteiger partial charge in [0.2, 0.25) is 5.91 Å². The Bertz CT molecular complexity index is 189. The van der Waals surface area contributed by atoms with E-state index >= 15 is 0 Å². The van der Waals surface area contributed by atoms with Gasteiger partial charge in [-0.15, -0.1) is 0 Å². The fourth-order valence-electron chi connectivity index (χ4n) is 0.901. The lowest BCUT2D eigenvalue weighted by Gasteiger charge is -2.20. The lowest BCUT2D eigenvalue weighted by Crippen LogP contribution is -2.43. The third kappa shape index (κ3) is 4.68. The van der Waals surface area contributed by atoms with Crippen LogP contribution in [-0.2, 0) is 4.79 Å². The maximum Gasteiger partial charge on any atom is 0.239 e. The first-order chi connectivity index (χ1) is 5.99. The summed E-state index contributed by atoms with van der Waals surface area (Å²) >= 11 is 0. The van der Waals surface area contributed by atoms with Crippen molar-refractivity contribution in [1.29, 1.82) is 0 Å². The van der Waals surface area contributed by atoms with Gasteiger partial charge in [0, 0.05) is 20.1 Å². The van der Waals surface area contributed by atoms with Crippen LogP contribution in [0.2, 0.25) is 0 Å². The van der Waals surface area contributed by atoms with Crippen molar-refractivity contribution in [2.24, 2.45) is 0 Å². The van der Waals surface area contributed by atoms with E-state index in [0.29, 0.717) is 6.54 Å². The van der Waals surface area contributed by atoms with Crippen molar-refractivity contribution in [3.63, 3.8) is 0 Å². The molecule has 1 amide bonds. The van der Waals surface area contributed by atoms with Crippen LogP contribution in [0.25, 0.3) is 0 Å². The normalized spacial score (nSPS) is 12.3. The molecule has 0 saturated carbocycles. The van der Waals surface area contributed by atoms with Crippen molar-refractivity contribution in [3.05, 3.63) is 12.2 Å². The topological polar surface area (TPSA) is 32.3 Å². The lowest BCUT2D eigenvalue weighted by atomic mass is 10.2. The first-order valence-corrected chi connectivity index (χ1v) is 4.61. The molecule has 1 N–H and O–H groups in total. The number of hydrogen-bond acceptors (Lipinski definition) is 2.